The van der Waals surface area contributed by atoms with Crippen LogP contribution in [0.5, 0.6) is 0 Å². The predicted octanol–water partition coefficient (Wildman–Crippen LogP) is 1.40. The second-order valence-electron chi connectivity index (χ2n) is 4.05. The monoisotopic (exact) mass is 279 g/mol. The summed E-state index contributed by atoms with van der Waals surface area (Å²) < 4.78 is 0. The third-order valence-electron chi connectivity index (χ3n) is 2.58. The van der Waals surface area contributed by atoms with Crippen LogP contribution >= 0.6 is 0 Å². The molecule has 1 heterocycles. The van der Waals surface area contributed by atoms with Crippen LogP contribution in [0.15, 0.2) is 24.5 Å². The van der Waals surface area contributed by atoms with Crippen molar-refractivity contribution in [2.45, 2.75) is 26.2 Å². The van der Waals surface area contributed by atoms with Crippen molar-refractivity contribution in [3.63, 3.8) is 0 Å². The lowest BCUT2D eigenvalue weighted by Gasteiger charge is -2.20. The fraction of sp³-hybridized carbons (Fsp3) is 0.385. The van der Waals surface area contributed by atoms with E-state index in [1.165, 1.54) is 4.90 Å². The van der Waals surface area contributed by atoms with Crippen LogP contribution in [0, 0.1) is 0 Å². The summed E-state index contributed by atoms with van der Waals surface area (Å²) in [5.74, 6) is -1.44. The smallest absolute Gasteiger partial charge is 0.328 e. The Morgan fingerprint density at radius 2 is 1.90 bits per heavy atom. The number of carbonyl (C=O) groups is 3. The van der Waals surface area contributed by atoms with Gasteiger partial charge in [0, 0.05) is 37.5 Å². The molecule has 0 aromatic carbocycles. The number of rotatable bonds is 6. The van der Waals surface area contributed by atoms with Gasteiger partial charge in [-0.2, -0.15) is 0 Å². The fourth-order valence-electron chi connectivity index (χ4n) is 1.62. The summed E-state index contributed by atoms with van der Waals surface area (Å²) in [5.41, 5.74) is 0.637. The molecule has 0 atom stereocenters. The first kappa shape index (κ1) is 15.6. The van der Waals surface area contributed by atoms with Crippen molar-refractivity contribution in [1.82, 2.24) is 10.3 Å². The van der Waals surface area contributed by atoms with Gasteiger partial charge in [0.15, 0.2) is 0 Å². The second-order valence-corrected chi connectivity index (χ2v) is 4.05. The van der Waals surface area contributed by atoms with Crippen molar-refractivity contribution < 1.29 is 19.5 Å². The molecule has 0 saturated carbocycles. The Bertz CT molecular complexity index is 476. The van der Waals surface area contributed by atoms with E-state index < -0.39 is 17.9 Å². The molecule has 1 aromatic rings. The summed E-state index contributed by atoms with van der Waals surface area (Å²) in [4.78, 5) is 39.0. The maximum Gasteiger partial charge on any atom is 0.328 e. The SMILES string of the molecule is CCN(C(=O)NC(=O)CCCC(=O)O)c1ccncc1. The normalized spacial score (nSPS) is 9.85. The molecule has 2 N–H and O–H groups in total. The molecule has 20 heavy (non-hydrogen) atoms. The van der Waals surface area contributed by atoms with Gasteiger partial charge in [-0.25, -0.2) is 4.79 Å². The molecule has 0 saturated heterocycles. The lowest BCUT2D eigenvalue weighted by Crippen LogP contribution is -2.42. The topological polar surface area (TPSA) is 99.6 Å². The van der Waals surface area contributed by atoms with Gasteiger partial charge in [-0.15, -0.1) is 0 Å². The summed E-state index contributed by atoms with van der Waals surface area (Å²) >= 11 is 0. The number of carboxylic acids is 1. The number of nitrogens with one attached hydrogen (secondary N) is 1. The Morgan fingerprint density at radius 1 is 1.25 bits per heavy atom. The van der Waals surface area contributed by atoms with Crippen molar-refractivity contribution in [3.05, 3.63) is 24.5 Å². The highest BCUT2D eigenvalue weighted by atomic mass is 16.4. The van der Waals surface area contributed by atoms with Crippen molar-refractivity contribution >= 4 is 23.6 Å². The minimum atomic E-state index is -0.962. The average Bonchev–Trinajstić information content (AvgIpc) is 2.40. The van der Waals surface area contributed by atoms with Crippen LogP contribution in [0.3, 0.4) is 0 Å². The number of pyridine rings is 1. The zero-order chi connectivity index (χ0) is 15.0. The van der Waals surface area contributed by atoms with Crippen LogP contribution in [0.4, 0.5) is 10.5 Å². The minimum Gasteiger partial charge on any atom is -0.481 e. The van der Waals surface area contributed by atoms with Gasteiger partial charge in [-0.05, 0) is 25.5 Å². The number of nitrogens with zero attached hydrogens (tertiary/aromatic N) is 2. The number of aliphatic carboxylic acids is 1. The highest BCUT2D eigenvalue weighted by molar-refractivity contribution is 6.02. The maximum atomic E-state index is 11.9. The lowest BCUT2D eigenvalue weighted by atomic mass is 10.2. The first-order chi connectivity index (χ1) is 9.54. The number of imide groups is 1. The standard InChI is InChI=1S/C13H17N3O4/c1-2-16(10-6-8-14-9-7-10)13(20)15-11(17)4-3-5-12(18)19/h6-9H,2-5H2,1H3,(H,18,19)(H,15,17,20). The van der Waals surface area contributed by atoms with Crippen LogP contribution in [0.25, 0.3) is 0 Å². The van der Waals surface area contributed by atoms with E-state index in [0.717, 1.165) is 0 Å². The Labute approximate surface area is 116 Å². The van der Waals surface area contributed by atoms with Crippen molar-refractivity contribution in [2.75, 3.05) is 11.4 Å². The van der Waals surface area contributed by atoms with Gasteiger partial charge < -0.3 is 5.11 Å². The molecule has 7 nitrogen and oxygen atoms in total. The molecule has 0 unspecified atom stereocenters. The van der Waals surface area contributed by atoms with E-state index in [-0.39, 0.29) is 19.3 Å². The molecule has 0 spiro atoms. The number of amides is 3. The molecule has 1 aromatic heterocycles. The van der Waals surface area contributed by atoms with Gasteiger partial charge >= 0.3 is 12.0 Å². The summed E-state index contributed by atoms with van der Waals surface area (Å²) in [5, 5.41) is 10.7. The molecule has 0 aliphatic heterocycles. The van der Waals surface area contributed by atoms with Crippen LogP contribution in [0.1, 0.15) is 26.2 Å². The molecule has 1 rings (SSSR count). The van der Waals surface area contributed by atoms with E-state index >= 15 is 0 Å². The zero-order valence-electron chi connectivity index (χ0n) is 11.2. The first-order valence-electron chi connectivity index (χ1n) is 6.27. The molecule has 7 heteroatoms. The molecule has 0 fully saturated rings. The van der Waals surface area contributed by atoms with E-state index in [2.05, 4.69) is 10.3 Å². The number of anilines is 1. The molecule has 108 valence electrons. The van der Waals surface area contributed by atoms with Crippen molar-refractivity contribution in [3.8, 4) is 0 Å². The van der Waals surface area contributed by atoms with Crippen LogP contribution in [0.2, 0.25) is 0 Å². The fourth-order valence-corrected chi connectivity index (χ4v) is 1.62. The van der Waals surface area contributed by atoms with E-state index in [1.54, 1.807) is 31.5 Å². The Kier molecular flexibility index (Phi) is 6.15. The summed E-state index contributed by atoms with van der Waals surface area (Å²) in [6, 6.07) is 2.80. The second kappa shape index (κ2) is 7.88. The zero-order valence-corrected chi connectivity index (χ0v) is 11.2. The number of carbonyl (C=O) groups excluding carboxylic acids is 2. The number of hydrogen-bond acceptors (Lipinski definition) is 4. The maximum absolute atomic E-state index is 11.9. The summed E-state index contributed by atoms with van der Waals surface area (Å²) in [7, 11) is 0. The number of hydrogen-bond donors (Lipinski definition) is 2. The molecule has 3 amide bonds. The number of carboxylic acid groups (broad SMARTS) is 1. The van der Waals surface area contributed by atoms with Crippen LogP contribution in [-0.4, -0.2) is 34.5 Å². The van der Waals surface area contributed by atoms with Gasteiger partial charge in [0.05, 0.1) is 0 Å². The molecule has 0 radical (unpaired) electrons. The van der Waals surface area contributed by atoms with E-state index in [9.17, 15) is 14.4 Å². The van der Waals surface area contributed by atoms with Gasteiger partial charge in [-0.1, -0.05) is 0 Å². The van der Waals surface area contributed by atoms with Gasteiger partial charge in [0.2, 0.25) is 5.91 Å². The minimum absolute atomic E-state index is 0.00589. The van der Waals surface area contributed by atoms with E-state index in [4.69, 9.17) is 5.11 Å². The van der Waals surface area contributed by atoms with Crippen molar-refractivity contribution in [1.29, 1.82) is 0 Å². The largest absolute Gasteiger partial charge is 0.481 e. The molecule has 0 bridgehead atoms. The quantitative estimate of drug-likeness (QED) is 0.819. The third kappa shape index (κ3) is 5.05. The van der Waals surface area contributed by atoms with Crippen molar-refractivity contribution in [2.24, 2.45) is 0 Å². The Balaban J connectivity index is 2.51. The number of urea groups is 1. The highest BCUT2D eigenvalue weighted by Crippen LogP contribution is 2.11. The van der Waals surface area contributed by atoms with Gasteiger partial charge in [0.1, 0.15) is 0 Å². The van der Waals surface area contributed by atoms with Crippen LogP contribution in [-0.2, 0) is 9.59 Å². The van der Waals surface area contributed by atoms with E-state index in [0.29, 0.717) is 12.2 Å². The third-order valence-corrected chi connectivity index (χ3v) is 2.58. The molecule has 0 aliphatic carbocycles. The first-order valence-corrected chi connectivity index (χ1v) is 6.27. The molecule has 0 aliphatic rings. The number of aromatic nitrogens is 1. The highest BCUT2D eigenvalue weighted by Gasteiger charge is 2.16. The van der Waals surface area contributed by atoms with Crippen LogP contribution < -0.4 is 10.2 Å². The molecular weight excluding hydrogens is 262 g/mol. The summed E-state index contributed by atoms with van der Waals surface area (Å²) in [6.07, 6.45) is 3.23. The van der Waals surface area contributed by atoms with Gasteiger partial charge in [-0.3, -0.25) is 24.8 Å². The summed E-state index contributed by atoms with van der Waals surface area (Å²) in [6.45, 7) is 2.19. The molecular formula is C13H17N3O4. The average molecular weight is 279 g/mol. The lowest BCUT2D eigenvalue weighted by molar-refractivity contribution is -0.137. The Hall–Kier alpha value is -2.44. The van der Waals surface area contributed by atoms with E-state index in [1.807, 2.05) is 0 Å². The Morgan fingerprint density at radius 3 is 2.45 bits per heavy atom. The van der Waals surface area contributed by atoms with Gasteiger partial charge in [0.25, 0.3) is 0 Å². The predicted molar refractivity (Wildman–Crippen MR) is 72.3 cm³/mol.